The molecule has 9 heteroatoms. The van der Waals surface area contributed by atoms with E-state index in [0.717, 1.165) is 17.5 Å². The van der Waals surface area contributed by atoms with Crippen LogP contribution in [0.15, 0.2) is 48.8 Å². The summed E-state index contributed by atoms with van der Waals surface area (Å²) in [6, 6.07) is 11.4. The van der Waals surface area contributed by atoms with E-state index >= 15 is 0 Å². The molecule has 0 saturated heterocycles. The lowest BCUT2D eigenvalue weighted by Crippen LogP contribution is -2.31. The van der Waals surface area contributed by atoms with E-state index in [2.05, 4.69) is 20.6 Å². The summed E-state index contributed by atoms with van der Waals surface area (Å²) in [7, 11) is 1.50. The second-order valence-corrected chi connectivity index (χ2v) is 8.38. The third-order valence-electron chi connectivity index (χ3n) is 6.25. The van der Waals surface area contributed by atoms with Crippen molar-refractivity contribution in [1.29, 1.82) is 0 Å². The first kappa shape index (κ1) is 24.4. The highest BCUT2D eigenvalue weighted by Crippen LogP contribution is 2.24. The van der Waals surface area contributed by atoms with E-state index in [4.69, 9.17) is 9.47 Å². The monoisotopic (exact) mass is 477 g/mol. The van der Waals surface area contributed by atoms with E-state index in [0.29, 0.717) is 36.5 Å². The fourth-order valence-electron chi connectivity index (χ4n) is 4.32. The quantitative estimate of drug-likeness (QED) is 0.488. The summed E-state index contributed by atoms with van der Waals surface area (Å²) >= 11 is 0. The summed E-state index contributed by atoms with van der Waals surface area (Å²) in [6.07, 6.45) is 4.70. The number of fused-ring (bicyclic) bond motifs is 1. The number of hydrogen-bond acceptors (Lipinski definition) is 6. The van der Waals surface area contributed by atoms with Crippen LogP contribution >= 0.6 is 0 Å². The zero-order valence-electron chi connectivity index (χ0n) is 20.3. The van der Waals surface area contributed by atoms with Crippen LogP contribution in [-0.2, 0) is 17.9 Å². The number of aromatic nitrogens is 3. The first-order valence-corrected chi connectivity index (χ1v) is 11.9. The van der Waals surface area contributed by atoms with Gasteiger partial charge in [0, 0.05) is 24.5 Å². The van der Waals surface area contributed by atoms with Crippen LogP contribution in [0.3, 0.4) is 0 Å². The van der Waals surface area contributed by atoms with Crippen molar-refractivity contribution in [2.75, 3.05) is 13.7 Å². The molecule has 0 bridgehead atoms. The number of nitrogens with zero attached hydrogens (tertiary/aromatic N) is 3. The number of benzene rings is 1. The fraction of sp³-hybridized carbons (Fsp3) is 0.385. The number of ether oxygens (including phenoxy) is 2. The molecule has 1 aromatic carbocycles. The van der Waals surface area contributed by atoms with Gasteiger partial charge in [-0.25, -0.2) is 9.97 Å². The van der Waals surface area contributed by atoms with Crippen LogP contribution in [0.2, 0.25) is 0 Å². The third-order valence-corrected chi connectivity index (χ3v) is 6.25. The molecule has 2 atom stereocenters. The molecule has 0 spiro atoms. The van der Waals surface area contributed by atoms with Gasteiger partial charge in [0.15, 0.2) is 0 Å². The molecule has 2 amide bonds. The topological polar surface area (TPSA) is 107 Å². The highest BCUT2D eigenvalue weighted by molar-refractivity contribution is 6.01. The Hall–Kier alpha value is -3.72. The van der Waals surface area contributed by atoms with E-state index in [1.165, 1.54) is 7.11 Å². The van der Waals surface area contributed by atoms with Gasteiger partial charge in [-0.15, -0.1) is 0 Å². The van der Waals surface area contributed by atoms with Gasteiger partial charge in [-0.3, -0.25) is 9.59 Å². The lowest BCUT2D eigenvalue weighted by atomic mass is 10.0. The average molecular weight is 478 g/mol. The summed E-state index contributed by atoms with van der Waals surface area (Å²) in [5.41, 5.74) is 3.43. The molecule has 2 aromatic heterocycles. The Morgan fingerprint density at radius 1 is 1.03 bits per heavy atom. The smallest absolute Gasteiger partial charge is 0.316 e. The fourth-order valence-corrected chi connectivity index (χ4v) is 4.32. The van der Waals surface area contributed by atoms with Crippen molar-refractivity contribution in [3.8, 4) is 6.01 Å². The molecule has 3 heterocycles. The number of methoxy groups -OCH3 is 1. The molecule has 3 aromatic rings. The lowest BCUT2D eigenvalue weighted by molar-refractivity contribution is 0.0773. The number of nitrogens with one attached hydrogen (secondary N) is 2. The molecule has 0 unspecified atom stereocenters. The van der Waals surface area contributed by atoms with Gasteiger partial charge in [-0.05, 0) is 24.5 Å². The summed E-state index contributed by atoms with van der Waals surface area (Å²) in [5.74, 6) is -0.477. The maximum atomic E-state index is 13.3. The van der Waals surface area contributed by atoms with Gasteiger partial charge < -0.3 is 24.7 Å². The summed E-state index contributed by atoms with van der Waals surface area (Å²) in [4.78, 5) is 35.0. The molecule has 0 saturated carbocycles. The maximum Gasteiger partial charge on any atom is 0.316 e. The minimum absolute atomic E-state index is 0.124. The van der Waals surface area contributed by atoms with Crippen molar-refractivity contribution in [2.45, 2.75) is 51.9 Å². The minimum Gasteiger partial charge on any atom is -0.467 e. The Balaban J connectivity index is 1.57. The van der Waals surface area contributed by atoms with E-state index < -0.39 is 0 Å². The highest BCUT2D eigenvalue weighted by Gasteiger charge is 2.28. The van der Waals surface area contributed by atoms with Crippen LogP contribution < -0.4 is 15.4 Å². The second kappa shape index (κ2) is 11.1. The molecular weight excluding hydrogens is 446 g/mol. The van der Waals surface area contributed by atoms with Crippen LogP contribution in [0.4, 0.5) is 0 Å². The van der Waals surface area contributed by atoms with Gasteiger partial charge in [-0.1, -0.05) is 44.2 Å². The third kappa shape index (κ3) is 5.35. The number of rotatable bonds is 9. The maximum absolute atomic E-state index is 13.3. The second-order valence-electron chi connectivity index (χ2n) is 8.38. The van der Waals surface area contributed by atoms with Gasteiger partial charge in [0.2, 0.25) is 0 Å². The summed E-state index contributed by atoms with van der Waals surface area (Å²) in [6.45, 7) is 5.27. The van der Waals surface area contributed by atoms with Gasteiger partial charge in [0.25, 0.3) is 11.8 Å². The van der Waals surface area contributed by atoms with Crippen LogP contribution in [0.5, 0.6) is 6.01 Å². The number of amides is 2. The van der Waals surface area contributed by atoms with Gasteiger partial charge in [-0.2, -0.15) is 0 Å². The molecular formula is C26H31N5O4. The van der Waals surface area contributed by atoms with Crippen molar-refractivity contribution in [2.24, 2.45) is 0 Å². The van der Waals surface area contributed by atoms with E-state index in [1.54, 1.807) is 18.5 Å². The standard InChI is InChI=1S/C26H31N5O4/c1-4-20(17-9-7-6-8-10-17)29-24(32)19-13-22(31-11-12-35-16-23(19)31)25(33)30-21(5-2)18-14-27-26(34-3)28-15-18/h6-10,13-15,20-21H,4-5,11-12,16H2,1-3H3,(H,29,32)(H,30,33)/t20-,21+/m1/s1. The Bertz CT molecular complexity index is 1160. The molecule has 0 fully saturated rings. The molecule has 0 aliphatic carbocycles. The normalized spacial score (nSPS) is 14.5. The zero-order valence-corrected chi connectivity index (χ0v) is 20.3. The molecule has 9 nitrogen and oxygen atoms in total. The summed E-state index contributed by atoms with van der Waals surface area (Å²) in [5, 5.41) is 6.19. The van der Waals surface area contributed by atoms with Crippen LogP contribution in [0.1, 0.15) is 76.4 Å². The van der Waals surface area contributed by atoms with Crippen LogP contribution in [0.25, 0.3) is 0 Å². The number of carbonyl (C=O) groups is 2. The van der Waals surface area contributed by atoms with Gasteiger partial charge in [0.1, 0.15) is 5.69 Å². The molecule has 0 radical (unpaired) electrons. The molecule has 2 N–H and O–H groups in total. The predicted octanol–water partition coefficient (Wildman–Crippen LogP) is 3.58. The van der Waals surface area contributed by atoms with E-state index in [-0.39, 0.29) is 36.5 Å². The van der Waals surface area contributed by atoms with Crippen LogP contribution in [0, 0.1) is 0 Å². The van der Waals surface area contributed by atoms with Crippen molar-refractivity contribution in [1.82, 2.24) is 25.2 Å². The summed E-state index contributed by atoms with van der Waals surface area (Å²) < 4.78 is 12.5. The van der Waals surface area contributed by atoms with Crippen LogP contribution in [-0.4, -0.2) is 40.1 Å². The number of carbonyl (C=O) groups excluding carboxylic acids is 2. The minimum atomic E-state index is -0.278. The van der Waals surface area contributed by atoms with Crippen molar-refractivity contribution < 1.29 is 19.1 Å². The van der Waals surface area contributed by atoms with Crippen molar-refractivity contribution in [3.63, 3.8) is 0 Å². The zero-order chi connectivity index (χ0) is 24.8. The van der Waals surface area contributed by atoms with Crippen molar-refractivity contribution >= 4 is 11.8 Å². The highest BCUT2D eigenvalue weighted by atomic mass is 16.5. The molecule has 1 aliphatic rings. The predicted molar refractivity (Wildman–Crippen MR) is 130 cm³/mol. The SMILES string of the molecule is CC[C@H](NC(=O)c1cc(C(=O)N[C@H](CC)c2ccccc2)c2n1CCOC2)c1cnc(OC)nc1. The van der Waals surface area contributed by atoms with E-state index in [9.17, 15) is 9.59 Å². The molecule has 4 rings (SSSR count). The Morgan fingerprint density at radius 3 is 2.34 bits per heavy atom. The van der Waals surface area contributed by atoms with Gasteiger partial charge >= 0.3 is 6.01 Å². The van der Waals surface area contributed by atoms with E-state index in [1.807, 2.05) is 48.7 Å². The molecule has 184 valence electrons. The Kier molecular flexibility index (Phi) is 7.77. The average Bonchev–Trinajstić information content (AvgIpc) is 3.31. The Labute approximate surface area is 204 Å². The van der Waals surface area contributed by atoms with Gasteiger partial charge in [0.05, 0.1) is 43.7 Å². The largest absolute Gasteiger partial charge is 0.467 e. The molecule has 35 heavy (non-hydrogen) atoms. The molecule has 1 aliphatic heterocycles. The Morgan fingerprint density at radius 2 is 1.69 bits per heavy atom. The lowest BCUT2D eigenvalue weighted by Gasteiger charge is -2.21. The van der Waals surface area contributed by atoms with Crippen molar-refractivity contribution in [3.05, 3.63) is 76.9 Å². The first-order valence-electron chi connectivity index (χ1n) is 11.9. The first-order chi connectivity index (χ1) is 17.0. The number of hydrogen-bond donors (Lipinski definition) is 2.